The molecule has 1 aromatic heterocycles. The number of methoxy groups -OCH3 is 1. The lowest BCUT2D eigenvalue weighted by atomic mass is 9.90. The molecule has 1 heterocycles. The molecule has 0 fully saturated rings. The predicted molar refractivity (Wildman–Crippen MR) is 155 cm³/mol. The average Bonchev–Trinajstić information content (AvgIpc) is 2.86. The van der Waals surface area contributed by atoms with E-state index >= 15 is 0 Å². The van der Waals surface area contributed by atoms with Crippen LogP contribution in [-0.2, 0) is 24.3 Å². The van der Waals surface area contributed by atoms with E-state index in [4.69, 9.17) is 19.2 Å². The lowest BCUT2D eigenvalue weighted by Gasteiger charge is -2.24. The molecule has 0 spiro atoms. The summed E-state index contributed by atoms with van der Waals surface area (Å²) in [5.41, 5.74) is 5.70. The van der Waals surface area contributed by atoms with Crippen LogP contribution in [0.3, 0.4) is 0 Å². The second kappa shape index (κ2) is 12.9. The van der Waals surface area contributed by atoms with Crippen molar-refractivity contribution in [3.05, 3.63) is 76.1 Å². The van der Waals surface area contributed by atoms with Gasteiger partial charge in [0.15, 0.2) is 0 Å². The molecule has 0 atom stereocenters. The Morgan fingerprint density at radius 3 is 2.27 bits per heavy atom. The van der Waals surface area contributed by atoms with Gasteiger partial charge >= 0.3 is 12.1 Å². The number of hydrogen-bond donors (Lipinski definition) is 2. The third kappa shape index (κ3) is 7.97. The van der Waals surface area contributed by atoms with Crippen LogP contribution in [0.4, 0.5) is 4.79 Å². The van der Waals surface area contributed by atoms with Crippen molar-refractivity contribution >= 4 is 12.1 Å². The Hall–Kier alpha value is -4.07. The number of aryl methyl sites for hydroxylation is 2. The topological polar surface area (TPSA) is 107 Å². The van der Waals surface area contributed by atoms with Crippen molar-refractivity contribution < 1.29 is 28.9 Å². The van der Waals surface area contributed by atoms with Gasteiger partial charge in [-0.15, -0.1) is 0 Å². The highest BCUT2D eigenvalue weighted by atomic mass is 16.6. The largest absolute Gasteiger partial charge is 0.497 e. The van der Waals surface area contributed by atoms with Crippen molar-refractivity contribution in [3.63, 3.8) is 0 Å². The van der Waals surface area contributed by atoms with E-state index < -0.39 is 17.7 Å². The summed E-state index contributed by atoms with van der Waals surface area (Å²) in [4.78, 5) is 29.5. The van der Waals surface area contributed by atoms with Gasteiger partial charge in [0.1, 0.15) is 29.3 Å². The highest BCUT2D eigenvalue weighted by Gasteiger charge is 2.23. The SMILES string of the molecule is COc1ccc(OCc2c(C)nc(CC(C)C)c(CNC(=O)OC(C)(C)C)c2-c2ccc(C)cc2)c(C(=O)O)c1. The summed E-state index contributed by atoms with van der Waals surface area (Å²) in [5.74, 6) is -0.131. The van der Waals surface area contributed by atoms with Crippen molar-refractivity contribution in [1.82, 2.24) is 10.3 Å². The minimum absolute atomic E-state index is 0.00471. The Bertz CT molecular complexity index is 1360. The van der Waals surface area contributed by atoms with E-state index in [1.807, 2.05) is 58.9 Å². The first-order chi connectivity index (χ1) is 18.8. The molecule has 0 unspecified atom stereocenters. The van der Waals surface area contributed by atoms with Crippen LogP contribution in [0.25, 0.3) is 11.1 Å². The van der Waals surface area contributed by atoms with Gasteiger partial charge in [0.2, 0.25) is 0 Å². The van der Waals surface area contributed by atoms with E-state index in [0.717, 1.165) is 39.2 Å². The highest BCUT2D eigenvalue weighted by molar-refractivity contribution is 5.91. The zero-order valence-electron chi connectivity index (χ0n) is 24.7. The summed E-state index contributed by atoms with van der Waals surface area (Å²) < 4.78 is 16.8. The molecule has 0 aliphatic carbocycles. The number of nitrogens with one attached hydrogen (secondary N) is 1. The van der Waals surface area contributed by atoms with Crippen molar-refractivity contribution in [1.29, 1.82) is 0 Å². The third-order valence-electron chi connectivity index (χ3n) is 6.23. The molecule has 214 valence electrons. The summed E-state index contributed by atoms with van der Waals surface area (Å²) in [6.45, 7) is 14.0. The highest BCUT2D eigenvalue weighted by Crippen LogP contribution is 2.34. The lowest BCUT2D eigenvalue weighted by Crippen LogP contribution is -2.32. The Morgan fingerprint density at radius 1 is 1.02 bits per heavy atom. The molecule has 0 radical (unpaired) electrons. The first kappa shape index (κ1) is 30.5. The van der Waals surface area contributed by atoms with Gasteiger partial charge in [-0.2, -0.15) is 0 Å². The summed E-state index contributed by atoms with van der Waals surface area (Å²) in [6.07, 6.45) is 0.203. The van der Waals surface area contributed by atoms with E-state index in [1.165, 1.54) is 13.2 Å². The fourth-order valence-corrected chi connectivity index (χ4v) is 4.39. The van der Waals surface area contributed by atoms with Crippen LogP contribution in [0.15, 0.2) is 42.5 Å². The smallest absolute Gasteiger partial charge is 0.407 e. The number of carboxylic acids is 1. The van der Waals surface area contributed by atoms with Crippen molar-refractivity contribution in [3.8, 4) is 22.6 Å². The van der Waals surface area contributed by atoms with Gasteiger partial charge in [0, 0.05) is 29.1 Å². The van der Waals surface area contributed by atoms with Crippen LogP contribution >= 0.6 is 0 Å². The molecular weight excluding hydrogens is 508 g/mol. The number of alkyl carbamates (subject to hydrolysis) is 1. The zero-order chi connectivity index (χ0) is 29.6. The number of nitrogens with zero attached hydrogens (tertiary/aromatic N) is 1. The average molecular weight is 549 g/mol. The number of carbonyl (C=O) groups excluding carboxylic acids is 1. The number of hydrogen-bond acceptors (Lipinski definition) is 6. The Labute approximate surface area is 236 Å². The maximum Gasteiger partial charge on any atom is 0.407 e. The standard InChI is InChI=1S/C32H40N2O6/c1-19(2)15-27-25(17-33-31(37)40-32(5,6)7)29(22-11-9-20(3)10-12-22)26(21(4)34-27)18-39-28-14-13-23(38-8)16-24(28)30(35)36/h9-14,16,19H,15,17-18H2,1-8H3,(H,33,37)(H,35,36). The van der Waals surface area contributed by atoms with Crippen LogP contribution in [0, 0.1) is 19.8 Å². The van der Waals surface area contributed by atoms with Crippen molar-refractivity contribution in [2.24, 2.45) is 5.92 Å². The second-order valence-electron chi connectivity index (χ2n) is 11.3. The van der Waals surface area contributed by atoms with E-state index in [1.54, 1.807) is 12.1 Å². The molecule has 40 heavy (non-hydrogen) atoms. The molecule has 8 heteroatoms. The number of benzene rings is 2. The minimum Gasteiger partial charge on any atom is -0.497 e. The molecule has 1 amide bonds. The van der Waals surface area contributed by atoms with E-state index in [2.05, 4.69) is 19.2 Å². The normalized spacial score (nSPS) is 11.3. The fourth-order valence-electron chi connectivity index (χ4n) is 4.39. The quantitative estimate of drug-likeness (QED) is 0.285. The molecule has 3 rings (SSSR count). The fraction of sp³-hybridized carbons (Fsp3) is 0.406. The van der Waals surface area contributed by atoms with Crippen molar-refractivity contribution in [2.45, 2.75) is 73.6 Å². The number of amides is 1. The number of rotatable bonds is 10. The van der Waals surface area contributed by atoms with Crippen LogP contribution in [0.5, 0.6) is 11.5 Å². The van der Waals surface area contributed by atoms with Crippen LogP contribution < -0.4 is 14.8 Å². The minimum atomic E-state index is -1.11. The lowest BCUT2D eigenvalue weighted by molar-refractivity contribution is 0.0523. The molecular formula is C32H40N2O6. The molecule has 2 N–H and O–H groups in total. The summed E-state index contributed by atoms with van der Waals surface area (Å²) >= 11 is 0. The summed E-state index contributed by atoms with van der Waals surface area (Å²) in [7, 11) is 1.48. The Kier molecular flexibility index (Phi) is 9.79. The second-order valence-corrected chi connectivity index (χ2v) is 11.3. The van der Waals surface area contributed by atoms with Crippen molar-refractivity contribution in [2.75, 3.05) is 7.11 Å². The molecule has 0 saturated heterocycles. The van der Waals surface area contributed by atoms with Gasteiger partial charge in [-0.05, 0) is 76.3 Å². The summed E-state index contributed by atoms with van der Waals surface area (Å²) in [6, 6.07) is 12.8. The molecule has 0 aliphatic heterocycles. The monoisotopic (exact) mass is 548 g/mol. The summed E-state index contributed by atoms with van der Waals surface area (Å²) in [5, 5.41) is 12.7. The van der Waals surface area contributed by atoms with Crippen LogP contribution in [0.2, 0.25) is 0 Å². The maximum absolute atomic E-state index is 12.6. The molecule has 0 bridgehead atoms. The predicted octanol–water partition coefficient (Wildman–Crippen LogP) is 6.87. The first-order valence-electron chi connectivity index (χ1n) is 13.4. The number of carbonyl (C=O) groups is 2. The van der Waals surface area contributed by atoms with Crippen LogP contribution in [-0.4, -0.2) is 34.9 Å². The van der Waals surface area contributed by atoms with Gasteiger partial charge in [-0.1, -0.05) is 43.7 Å². The van der Waals surface area contributed by atoms with E-state index in [0.29, 0.717) is 18.1 Å². The van der Waals surface area contributed by atoms with Gasteiger partial charge in [-0.25, -0.2) is 9.59 Å². The van der Waals surface area contributed by atoms with Crippen LogP contribution in [0.1, 0.15) is 73.1 Å². The Balaban J connectivity index is 2.14. The number of ether oxygens (including phenoxy) is 3. The third-order valence-corrected chi connectivity index (χ3v) is 6.23. The van der Waals surface area contributed by atoms with E-state index in [-0.39, 0.29) is 24.5 Å². The van der Waals surface area contributed by atoms with E-state index in [9.17, 15) is 14.7 Å². The zero-order valence-corrected chi connectivity index (χ0v) is 24.7. The number of aromatic nitrogens is 1. The molecule has 0 aliphatic rings. The van der Waals surface area contributed by atoms with Gasteiger partial charge in [0.25, 0.3) is 0 Å². The van der Waals surface area contributed by atoms with Gasteiger partial charge in [-0.3, -0.25) is 4.98 Å². The molecule has 2 aromatic carbocycles. The number of pyridine rings is 1. The molecule has 3 aromatic rings. The van der Waals surface area contributed by atoms with Gasteiger partial charge in [0.05, 0.1) is 7.11 Å². The number of aromatic carboxylic acids is 1. The Morgan fingerprint density at radius 2 is 1.70 bits per heavy atom. The molecule has 0 saturated carbocycles. The maximum atomic E-state index is 12.6. The van der Waals surface area contributed by atoms with Gasteiger partial charge < -0.3 is 24.6 Å². The number of carboxylic acid groups (broad SMARTS) is 1. The first-order valence-corrected chi connectivity index (χ1v) is 13.4. The molecule has 8 nitrogen and oxygen atoms in total.